The van der Waals surface area contributed by atoms with Crippen LogP contribution in [0.4, 0.5) is 0 Å². The van der Waals surface area contributed by atoms with Crippen LogP contribution in [0.2, 0.25) is 0 Å². The van der Waals surface area contributed by atoms with E-state index in [4.69, 9.17) is 0 Å². The average Bonchev–Trinajstić information content (AvgIpc) is 2.59. The number of carbonyl (C=O) groups is 2. The Morgan fingerprint density at radius 1 is 1.12 bits per heavy atom. The normalized spacial score (nSPS) is 25.0. The first kappa shape index (κ1) is 17.9. The number of benzene rings is 1. The van der Waals surface area contributed by atoms with Crippen molar-refractivity contribution in [1.82, 2.24) is 9.80 Å². The van der Waals surface area contributed by atoms with Crippen molar-refractivity contribution in [2.24, 2.45) is 5.41 Å². The average molecular weight is 344 g/mol. The van der Waals surface area contributed by atoms with Crippen molar-refractivity contribution in [2.75, 3.05) is 19.6 Å². The van der Waals surface area contributed by atoms with Gasteiger partial charge in [-0.15, -0.1) is 0 Å². The number of piperidine rings is 2. The Balaban J connectivity index is 1.71. The molecule has 0 saturated carbocycles. The monoisotopic (exact) mass is 344 g/mol. The quantitative estimate of drug-likeness (QED) is 0.850. The maximum Gasteiger partial charge on any atom is 0.253 e. The maximum atomic E-state index is 12.6. The largest absolute Gasteiger partial charge is 0.391 e. The molecule has 1 spiro atoms. The van der Waals surface area contributed by atoms with Crippen LogP contribution in [0.3, 0.4) is 0 Å². The highest BCUT2D eigenvalue weighted by atomic mass is 16.3. The number of rotatable bonds is 1. The lowest BCUT2D eigenvalue weighted by Gasteiger charge is -2.55. The van der Waals surface area contributed by atoms with Crippen LogP contribution in [0.1, 0.15) is 50.4 Å². The first-order chi connectivity index (χ1) is 11.8. The van der Waals surface area contributed by atoms with Gasteiger partial charge in [0.1, 0.15) is 0 Å². The summed E-state index contributed by atoms with van der Waals surface area (Å²) in [6, 6.07) is 9.35. The Morgan fingerprint density at radius 2 is 1.72 bits per heavy atom. The summed E-state index contributed by atoms with van der Waals surface area (Å²) >= 11 is 0. The topological polar surface area (TPSA) is 60.9 Å². The summed E-state index contributed by atoms with van der Waals surface area (Å²) in [5, 5.41) is 10.7. The molecule has 0 unspecified atom stereocenters. The SMILES string of the molecule is CC(=O)N1CC2(CCN(C(=O)c3ccccc3)CC2)C[C@H](O)C1(C)C. The smallest absolute Gasteiger partial charge is 0.253 e. The van der Waals surface area contributed by atoms with E-state index in [1.807, 2.05) is 54.0 Å². The fourth-order valence-corrected chi connectivity index (χ4v) is 4.27. The molecule has 2 fully saturated rings. The highest BCUT2D eigenvalue weighted by molar-refractivity contribution is 5.94. The number of likely N-dealkylation sites (tertiary alicyclic amines) is 2. The standard InChI is InChI=1S/C20H28N2O3/c1-15(23)22-14-20(13-17(24)19(22,2)3)9-11-21(12-10-20)18(25)16-7-5-4-6-8-16/h4-8,17,24H,9-14H2,1-3H3/t17-/m0/s1. The third kappa shape index (κ3) is 3.30. The van der Waals surface area contributed by atoms with Gasteiger partial charge in [-0.25, -0.2) is 0 Å². The molecule has 0 aromatic heterocycles. The van der Waals surface area contributed by atoms with E-state index in [0.717, 1.165) is 12.8 Å². The van der Waals surface area contributed by atoms with E-state index >= 15 is 0 Å². The molecule has 2 saturated heterocycles. The van der Waals surface area contributed by atoms with Gasteiger partial charge in [0.15, 0.2) is 0 Å². The summed E-state index contributed by atoms with van der Waals surface area (Å²) in [4.78, 5) is 28.4. The van der Waals surface area contributed by atoms with Crippen LogP contribution < -0.4 is 0 Å². The van der Waals surface area contributed by atoms with Crippen molar-refractivity contribution in [2.45, 2.75) is 51.7 Å². The lowest BCUT2D eigenvalue weighted by Crippen LogP contribution is -2.64. The van der Waals surface area contributed by atoms with Gasteiger partial charge in [-0.05, 0) is 50.7 Å². The molecular formula is C20H28N2O3. The number of hydrogen-bond acceptors (Lipinski definition) is 3. The third-order valence-corrected chi connectivity index (χ3v) is 6.14. The summed E-state index contributed by atoms with van der Waals surface area (Å²) in [6.07, 6.45) is 1.80. The molecule has 0 aliphatic carbocycles. The molecule has 5 heteroatoms. The molecule has 2 aliphatic rings. The molecule has 2 heterocycles. The molecule has 1 atom stereocenters. The highest BCUT2D eigenvalue weighted by Crippen LogP contribution is 2.45. The Kier molecular flexibility index (Phi) is 4.62. The number of aliphatic hydroxyl groups is 1. The van der Waals surface area contributed by atoms with Gasteiger partial charge < -0.3 is 14.9 Å². The molecular weight excluding hydrogens is 316 g/mol. The van der Waals surface area contributed by atoms with E-state index in [1.54, 1.807) is 6.92 Å². The van der Waals surface area contributed by atoms with Gasteiger partial charge in [0.25, 0.3) is 5.91 Å². The predicted molar refractivity (Wildman–Crippen MR) is 96.1 cm³/mol. The minimum absolute atomic E-state index is 0.00548. The molecule has 0 bridgehead atoms. The van der Waals surface area contributed by atoms with Crippen LogP contribution >= 0.6 is 0 Å². The number of carbonyl (C=O) groups excluding carboxylic acids is 2. The molecule has 136 valence electrons. The fraction of sp³-hybridized carbons (Fsp3) is 0.600. The summed E-state index contributed by atoms with van der Waals surface area (Å²) in [6.45, 7) is 7.44. The van der Waals surface area contributed by atoms with Gasteiger partial charge in [0.2, 0.25) is 5.91 Å². The first-order valence-electron chi connectivity index (χ1n) is 9.06. The van der Waals surface area contributed by atoms with Crippen LogP contribution in [-0.2, 0) is 4.79 Å². The Hall–Kier alpha value is -1.88. The van der Waals surface area contributed by atoms with Gasteiger partial charge in [0.05, 0.1) is 11.6 Å². The van der Waals surface area contributed by atoms with Crippen molar-refractivity contribution in [3.63, 3.8) is 0 Å². The molecule has 25 heavy (non-hydrogen) atoms. The molecule has 1 N–H and O–H groups in total. The van der Waals surface area contributed by atoms with E-state index in [1.165, 1.54) is 0 Å². The zero-order valence-corrected chi connectivity index (χ0v) is 15.4. The zero-order valence-electron chi connectivity index (χ0n) is 15.4. The van der Waals surface area contributed by atoms with Gasteiger partial charge in [-0.1, -0.05) is 18.2 Å². The second kappa shape index (κ2) is 6.45. The molecule has 2 aliphatic heterocycles. The zero-order chi connectivity index (χ0) is 18.2. The number of aliphatic hydroxyl groups excluding tert-OH is 1. The molecule has 2 amide bonds. The molecule has 5 nitrogen and oxygen atoms in total. The predicted octanol–water partition coefficient (Wildman–Crippen LogP) is 2.30. The van der Waals surface area contributed by atoms with Gasteiger partial charge in [0, 0.05) is 32.1 Å². The molecule has 1 aromatic rings. The Labute approximate surface area is 149 Å². The number of nitrogens with zero attached hydrogens (tertiary/aromatic N) is 2. The second-order valence-electron chi connectivity index (χ2n) is 8.14. The number of hydrogen-bond donors (Lipinski definition) is 1. The van der Waals surface area contributed by atoms with E-state index in [0.29, 0.717) is 31.6 Å². The summed E-state index contributed by atoms with van der Waals surface area (Å²) in [7, 11) is 0. The van der Waals surface area contributed by atoms with Crippen molar-refractivity contribution < 1.29 is 14.7 Å². The van der Waals surface area contributed by atoms with Crippen LogP contribution in [0, 0.1) is 5.41 Å². The molecule has 3 rings (SSSR count). The summed E-state index contributed by atoms with van der Waals surface area (Å²) in [5.74, 6) is 0.0708. The van der Waals surface area contributed by atoms with Crippen molar-refractivity contribution in [1.29, 1.82) is 0 Å². The lowest BCUT2D eigenvalue weighted by atomic mass is 9.67. The van der Waals surface area contributed by atoms with E-state index in [2.05, 4.69) is 0 Å². The van der Waals surface area contributed by atoms with Crippen LogP contribution in [-0.4, -0.2) is 58.0 Å². The lowest BCUT2D eigenvalue weighted by molar-refractivity contribution is -0.156. The van der Waals surface area contributed by atoms with E-state index in [-0.39, 0.29) is 17.2 Å². The number of amides is 2. The summed E-state index contributed by atoms with van der Waals surface area (Å²) < 4.78 is 0. The van der Waals surface area contributed by atoms with Crippen molar-refractivity contribution in [3.05, 3.63) is 35.9 Å². The van der Waals surface area contributed by atoms with Crippen LogP contribution in [0.15, 0.2) is 30.3 Å². The van der Waals surface area contributed by atoms with E-state index < -0.39 is 11.6 Å². The fourth-order valence-electron chi connectivity index (χ4n) is 4.27. The van der Waals surface area contributed by atoms with Gasteiger partial charge in [-0.2, -0.15) is 0 Å². The second-order valence-corrected chi connectivity index (χ2v) is 8.14. The highest BCUT2D eigenvalue weighted by Gasteiger charge is 2.50. The minimum Gasteiger partial charge on any atom is -0.391 e. The Morgan fingerprint density at radius 3 is 2.28 bits per heavy atom. The molecule has 0 radical (unpaired) electrons. The maximum absolute atomic E-state index is 12.6. The first-order valence-corrected chi connectivity index (χ1v) is 9.06. The van der Waals surface area contributed by atoms with Gasteiger partial charge in [-0.3, -0.25) is 9.59 Å². The Bertz CT molecular complexity index is 648. The van der Waals surface area contributed by atoms with Crippen molar-refractivity contribution >= 4 is 11.8 Å². The van der Waals surface area contributed by atoms with E-state index in [9.17, 15) is 14.7 Å². The molecule has 1 aromatic carbocycles. The van der Waals surface area contributed by atoms with Gasteiger partial charge >= 0.3 is 0 Å². The summed E-state index contributed by atoms with van der Waals surface area (Å²) in [5.41, 5.74) is 0.0935. The minimum atomic E-state index is -0.540. The third-order valence-electron chi connectivity index (χ3n) is 6.14. The van der Waals surface area contributed by atoms with Crippen LogP contribution in [0.25, 0.3) is 0 Å². The van der Waals surface area contributed by atoms with Crippen molar-refractivity contribution in [3.8, 4) is 0 Å². The van der Waals surface area contributed by atoms with Crippen LogP contribution in [0.5, 0.6) is 0 Å².